The lowest BCUT2D eigenvalue weighted by Crippen LogP contribution is -2.23. The van der Waals surface area contributed by atoms with E-state index in [2.05, 4.69) is 5.32 Å². The Hall–Kier alpha value is -2.18. The highest BCUT2D eigenvalue weighted by Gasteiger charge is 2.12. The first-order valence-electron chi connectivity index (χ1n) is 8.04. The van der Waals surface area contributed by atoms with Gasteiger partial charge in [0.15, 0.2) is 9.84 Å². The van der Waals surface area contributed by atoms with Gasteiger partial charge in [-0.05, 0) is 43.2 Å². The van der Waals surface area contributed by atoms with E-state index in [-0.39, 0.29) is 16.9 Å². The first-order valence-corrected chi connectivity index (χ1v) is 9.93. The van der Waals surface area contributed by atoms with E-state index in [9.17, 15) is 13.2 Å². The molecular formula is C19H23NO4S. The fraction of sp³-hybridized carbons (Fsp3) is 0.316. The highest BCUT2D eigenvalue weighted by molar-refractivity contribution is 7.90. The van der Waals surface area contributed by atoms with Crippen LogP contribution >= 0.6 is 0 Å². The molecule has 0 heterocycles. The van der Waals surface area contributed by atoms with Gasteiger partial charge in [-0.15, -0.1) is 0 Å². The number of hydrogen-bond acceptors (Lipinski definition) is 4. The van der Waals surface area contributed by atoms with Crippen LogP contribution in [0.25, 0.3) is 0 Å². The summed E-state index contributed by atoms with van der Waals surface area (Å²) in [7, 11) is -3.34. The second-order valence-corrected chi connectivity index (χ2v) is 8.13. The first kappa shape index (κ1) is 19.1. The summed E-state index contributed by atoms with van der Waals surface area (Å²) >= 11 is 0. The SMILES string of the molecule is CC(C)OCc1ccccc1CNC(=O)c1cccc(S(C)(=O)=O)c1. The van der Waals surface area contributed by atoms with Crippen molar-refractivity contribution in [1.82, 2.24) is 5.32 Å². The van der Waals surface area contributed by atoms with Crippen LogP contribution in [-0.4, -0.2) is 26.7 Å². The monoisotopic (exact) mass is 361 g/mol. The zero-order valence-electron chi connectivity index (χ0n) is 14.7. The smallest absolute Gasteiger partial charge is 0.251 e. The van der Waals surface area contributed by atoms with Crippen molar-refractivity contribution in [1.29, 1.82) is 0 Å². The third-order valence-corrected chi connectivity index (χ3v) is 4.76. The fourth-order valence-corrected chi connectivity index (χ4v) is 2.94. The van der Waals surface area contributed by atoms with Crippen molar-refractivity contribution in [2.45, 2.75) is 38.0 Å². The molecule has 0 saturated heterocycles. The molecule has 0 saturated carbocycles. The molecular weight excluding hydrogens is 338 g/mol. The zero-order valence-corrected chi connectivity index (χ0v) is 15.5. The molecule has 134 valence electrons. The third kappa shape index (κ3) is 5.69. The van der Waals surface area contributed by atoms with Gasteiger partial charge in [0.25, 0.3) is 5.91 Å². The number of amides is 1. The fourth-order valence-electron chi connectivity index (χ4n) is 2.27. The summed E-state index contributed by atoms with van der Waals surface area (Å²) in [6.07, 6.45) is 1.25. The maximum absolute atomic E-state index is 12.3. The Balaban J connectivity index is 2.08. The van der Waals surface area contributed by atoms with E-state index < -0.39 is 9.84 Å². The molecule has 0 aliphatic rings. The molecule has 0 bridgehead atoms. The molecule has 6 heteroatoms. The average Bonchev–Trinajstić information content (AvgIpc) is 2.58. The van der Waals surface area contributed by atoms with E-state index in [0.29, 0.717) is 18.7 Å². The standard InChI is InChI=1S/C19H23NO4S/c1-14(2)24-13-17-8-5-4-7-16(17)12-20-19(21)15-9-6-10-18(11-15)25(3,22)23/h4-11,14H,12-13H2,1-3H3,(H,20,21). The number of carbonyl (C=O) groups excluding carboxylic acids is 1. The van der Waals surface area contributed by atoms with Crippen LogP contribution in [-0.2, 0) is 27.7 Å². The normalized spacial score (nSPS) is 11.5. The van der Waals surface area contributed by atoms with E-state index in [0.717, 1.165) is 17.4 Å². The molecule has 0 atom stereocenters. The van der Waals surface area contributed by atoms with E-state index >= 15 is 0 Å². The number of hydrogen-bond donors (Lipinski definition) is 1. The zero-order chi connectivity index (χ0) is 18.4. The molecule has 1 amide bonds. The first-order chi connectivity index (χ1) is 11.8. The number of carbonyl (C=O) groups is 1. The van der Waals surface area contributed by atoms with Gasteiger partial charge in [-0.25, -0.2) is 8.42 Å². The van der Waals surface area contributed by atoms with Crippen molar-refractivity contribution in [3.05, 3.63) is 65.2 Å². The van der Waals surface area contributed by atoms with E-state index in [1.807, 2.05) is 38.1 Å². The van der Waals surface area contributed by atoms with Crippen LogP contribution in [0.1, 0.15) is 35.3 Å². The van der Waals surface area contributed by atoms with Crippen LogP contribution in [0.15, 0.2) is 53.4 Å². The number of benzene rings is 2. The minimum Gasteiger partial charge on any atom is -0.374 e. The van der Waals surface area contributed by atoms with Gasteiger partial charge in [0.05, 0.1) is 17.6 Å². The van der Waals surface area contributed by atoms with Crippen LogP contribution in [0.5, 0.6) is 0 Å². The van der Waals surface area contributed by atoms with Gasteiger partial charge in [-0.1, -0.05) is 30.3 Å². The van der Waals surface area contributed by atoms with Gasteiger partial charge >= 0.3 is 0 Å². The molecule has 0 aliphatic carbocycles. The lowest BCUT2D eigenvalue weighted by atomic mass is 10.1. The second kappa shape index (κ2) is 8.27. The van der Waals surface area contributed by atoms with E-state index in [4.69, 9.17) is 4.74 Å². The summed E-state index contributed by atoms with van der Waals surface area (Å²) in [5.74, 6) is -0.315. The van der Waals surface area contributed by atoms with Crippen molar-refractivity contribution in [2.75, 3.05) is 6.26 Å². The predicted molar refractivity (Wildman–Crippen MR) is 97.1 cm³/mol. The van der Waals surface area contributed by atoms with Crippen LogP contribution in [0, 0.1) is 0 Å². The lowest BCUT2D eigenvalue weighted by Gasteiger charge is -2.13. The summed E-state index contributed by atoms with van der Waals surface area (Å²) in [4.78, 5) is 12.5. The Kier molecular flexibility index (Phi) is 6.33. The van der Waals surface area contributed by atoms with Crippen LogP contribution in [0.3, 0.4) is 0 Å². The highest BCUT2D eigenvalue weighted by Crippen LogP contribution is 2.13. The molecule has 2 rings (SSSR count). The highest BCUT2D eigenvalue weighted by atomic mass is 32.2. The molecule has 5 nitrogen and oxygen atoms in total. The van der Waals surface area contributed by atoms with E-state index in [1.54, 1.807) is 12.1 Å². The van der Waals surface area contributed by atoms with Crippen molar-refractivity contribution >= 4 is 15.7 Å². The van der Waals surface area contributed by atoms with Crippen LogP contribution in [0.4, 0.5) is 0 Å². The molecule has 0 aromatic heterocycles. The van der Waals surface area contributed by atoms with E-state index in [1.165, 1.54) is 12.1 Å². The van der Waals surface area contributed by atoms with Crippen molar-refractivity contribution in [3.8, 4) is 0 Å². The van der Waals surface area contributed by atoms with Crippen molar-refractivity contribution < 1.29 is 17.9 Å². The number of sulfone groups is 1. The van der Waals surface area contributed by atoms with Gasteiger partial charge in [-0.3, -0.25) is 4.79 Å². The Morgan fingerprint density at radius 2 is 1.76 bits per heavy atom. The Morgan fingerprint density at radius 3 is 2.40 bits per heavy atom. The number of ether oxygens (including phenoxy) is 1. The molecule has 0 aliphatic heterocycles. The summed E-state index contributed by atoms with van der Waals surface area (Å²) in [5, 5.41) is 2.83. The van der Waals surface area contributed by atoms with Gasteiger partial charge in [0.2, 0.25) is 0 Å². The lowest BCUT2D eigenvalue weighted by molar-refractivity contribution is 0.0651. The molecule has 0 spiro atoms. The molecule has 1 N–H and O–H groups in total. The quantitative estimate of drug-likeness (QED) is 0.823. The topological polar surface area (TPSA) is 72.5 Å². The predicted octanol–water partition coefficient (Wildman–Crippen LogP) is 2.95. The second-order valence-electron chi connectivity index (χ2n) is 6.11. The minimum absolute atomic E-state index is 0.126. The number of nitrogens with one attached hydrogen (secondary N) is 1. The molecule has 2 aromatic rings. The molecule has 0 unspecified atom stereocenters. The summed E-state index contributed by atoms with van der Waals surface area (Å²) < 4.78 is 28.9. The molecule has 0 radical (unpaired) electrons. The average molecular weight is 361 g/mol. The maximum atomic E-state index is 12.3. The Bertz CT molecular complexity index is 844. The Morgan fingerprint density at radius 1 is 1.08 bits per heavy atom. The van der Waals surface area contributed by atoms with Crippen molar-refractivity contribution in [2.24, 2.45) is 0 Å². The summed E-state index contributed by atoms with van der Waals surface area (Å²) in [5.41, 5.74) is 2.30. The summed E-state index contributed by atoms with van der Waals surface area (Å²) in [6, 6.07) is 13.8. The van der Waals surface area contributed by atoms with Gasteiger partial charge < -0.3 is 10.1 Å². The minimum atomic E-state index is -3.34. The van der Waals surface area contributed by atoms with Crippen LogP contribution < -0.4 is 5.32 Å². The van der Waals surface area contributed by atoms with Gasteiger partial charge in [0, 0.05) is 18.4 Å². The summed E-state index contributed by atoms with van der Waals surface area (Å²) in [6.45, 7) is 4.77. The third-order valence-electron chi connectivity index (χ3n) is 3.65. The van der Waals surface area contributed by atoms with Gasteiger partial charge in [-0.2, -0.15) is 0 Å². The molecule has 25 heavy (non-hydrogen) atoms. The number of rotatable bonds is 7. The maximum Gasteiger partial charge on any atom is 0.251 e. The van der Waals surface area contributed by atoms with Gasteiger partial charge in [0.1, 0.15) is 0 Å². The van der Waals surface area contributed by atoms with Crippen molar-refractivity contribution in [3.63, 3.8) is 0 Å². The largest absolute Gasteiger partial charge is 0.374 e. The Labute approximate surface area is 148 Å². The molecule has 0 fully saturated rings. The molecule has 2 aromatic carbocycles. The van der Waals surface area contributed by atoms with Crippen LogP contribution in [0.2, 0.25) is 0 Å².